The highest BCUT2D eigenvalue weighted by molar-refractivity contribution is 5.77. The number of amides is 1. The molecule has 0 aliphatic heterocycles. The topological polar surface area (TPSA) is 95.9 Å². The molecule has 0 aliphatic carbocycles. The zero-order chi connectivity index (χ0) is 50.2. The zero-order valence-corrected chi connectivity index (χ0v) is 46.5. The number of unbranched alkanes of at least 4 members (excludes halogenated alkanes) is 38. The van der Waals surface area contributed by atoms with E-state index in [1.165, 1.54) is 212 Å². The van der Waals surface area contributed by atoms with Gasteiger partial charge in [-0.05, 0) is 64.2 Å². The molecule has 0 rings (SSSR count). The van der Waals surface area contributed by atoms with Crippen LogP contribution in [0.4, 0.5) is 0 Å². The largest absolute Gasteiger partial charge is 0.462 e. The van der Waals surface area contributed by atoms with Gasteiger partial charge in [0.1, 0.15) is 6.10 Å². The fourth-order valence-electron chi connectivity index (χ4n) is 9.56. The summed E-state index contributed by atoms with van der Waals surface area (Å²) in [7, 11) is 0. The van der Waals surface area contributed by atoms with E-state index in [1.54, 1.807) is 0 Å². The van der Waals surface area contributed by atoms with Crippen LogP contribution in [0, 0.1) is 0 Å². The molecule has 6 nitrogen and oxygen atoms in total. The fraction of sp³-hybridized carbons (Fsp3) is 0.873. The van der Waals surface area contributed by atoms with Gasteiger partial charge < -0.3 is 20.3 Å². The van der Waals surface area contributed by atoms with Crippen molar-refractivity contribution in [3.8, 4) is 0 Å². The summed E-state index contributed by atoms with van der Waals surface area (Å²) in [5.74, 6) is -0.492. The van der Waals surface area contributed by atoms with Gasteiger partial charge in [0.2, 0.25) is 5.91 Å². The van der Waals surface area contributed by atoms with Crippen molar-refractivity contribution in [3.63, 3.8) is 0 Å². The van der Waals surface area contributed by atoms with Crippen molar-refractivity contribution in [3.05, 3.63) is 36.5 Å². The van der Waals surface area contributed by atoms with Crippen molar-refractivity contribution < 1.29 is 24.5 Å². The van der Waals surface area contributed by atoms with E-state index in [0.29, 0.717) is 19.3 Å². The van der Waals surface area contributed by atoms with Crippen molar-refractivity contribution in [2.75, 3.05) is 6.61 Å². The third kappa shape index (κ3) is 52.2. The molecule has 0 bridgehead atoms. The van der Waals surface area contributed by atoms with Crippen LogP contribution in [0.2, 0.25) is 0 Å². The Hall–Kier alpha value is -1.92. The van der Waals surface area contributed by atoms with Gasteiger partial charge in [0.15, 0.2) is 0 Å². The molecule has 406 valence electrons. The minimum Gasteiger partial charge on any atom is -0.462 e. The Morgan fingerprint density at radius 1 is 0.420 bits per heavy atom. The molecule has 6 heteroatoms. The van der Waals surface area contributed by atoms with Gasteiger partial charge in [-0.1, -0.05) is 288 Å². The second kappa shape index (κ2) is 57.0. The Bertz CT molecular complexity index is 1130. The number of ether oxygens (including phenoxy) is 1. The Morgan fingerprint density at radius 2 is 0.739 bits per heavy atom. The standard InChI is InChI=1S/C63H119NO5/c1-4-7-10-13-16-19-22-25-28-30-31-32-35-38-41-44-47-50-53-56-63(68)69-59(54-51-48-45-42-39-36-33-27-24-21-18-15-12-9-6-3)57-62(67)64-60(58-65)61(66)55-52-49-46-43-40-37-34-29-26-23-20-17-14-11-8-5-2/h18,21,27,33,39,42,59-61,65-66H,4-17,19-20,22-26,28-32,34-38,40-41,43-58H2,1-3H3,(H,64,67)/b21-18-,33-27-,42-39-. The van der Waals surface area contributed by atoms with Crippen molar-refractivity contribution in [1.29, 1.82) is 0 Å². The molecule has 69 heavy (non-hydrogen) atoms. The second-order valence-electron chi connectivity index (χ2n) is 21.1. The maximum atomic E-state index is 13.3. The van der Waals surface area contributed by atoms with Gasteiger partial charge >= 0.3 is 5.97 Å². The summed E-state index contributed by atoms with van der Waals surface area (Å²) in [6.07, 6.45) is 69.3. The summed E-state index contributed by atoms with van der Waals surface area (Å²) in [5, 5.41) is 23.9. The molecule has 1 amide bonds. The van der Waals surface area contributed by atoms with E-state index < -0.39 is 18.2 Å². The molecule has 0 aromatic carbocycles. The molecule has 0 heterocycles. The first-order valence-electron chi connectivity index (χ1n) is 30.7. The van der Waals surface area contributed by atoms with Crippen LogP contribution in [0.3, 0.4) is 0 Å². The minimum absolute atomic E-state index is 0.0564. The van der Waals surface area contributed by atoms with Crippen molar-refractivity contribution >= 4 is 11.9 Å². The average molecular weight is 971 g/mol. The molecule has 0 radical (unpaired) electrons. The summed E-state index contributed by atoms with van der Waals surface area (Å²) in [6.45, 7) is 6.49. The Labute approximate surface area is 430 Å². The highest BCUT2D eigenvalue weighted by Gasteiger charge is 2.24. The predicted octanol–water partition coefficient (Wildman–Crippen LogP) is 19.2. The van der Waals surface area contributed by atoms with Gasteiger partial charge in [-0.3, -0.25) is 9.59 Å². The van der Waals surface area contributed by atoms with E-state index in [4.69, 9.17) is 4.74 Å². The highest BCUT2D eigenvalue weighted by atomic mass is 16.5. The average Bonchev–Trinajstić information content (AvgIpc) is 3.34. The molecular formula is C63H119NO5. The Balaban J connectivity index is 4.53. The Morgan fingerprint density at radius 3 is 1.13 bits per heavy atom. The molecule has 0 aliphatic rings. The SMILES string of the molecule is CCCCC/C=C\C/C=C\C/C=C\CCCCC(CC(=O)NC(CO)C(O)CCCCCCCCCCCCCCCCCC)OC(=O)CCCCCCCCCCCCCCCCCCCCC. The monoisotopic (exact) mass is 970 g/mol. The maximum Gasteiger partial charge on any atom is 0.306 e. The number of aliphatic hydroxyl groups excluding tert-OH is 2. The zero-order valence-electron chi connectivity index (χ0n) is 46.5. The summed E-state index contributed by atoms with van der Waals surface area (Å²) in [6, 6.07) is -0.712. The first-order chi connectivity index (χ1) is 34.0. The summed E-state index contributed by atoms with van der Waals surface area (Å²) in [4.78, 5) is 26.3. The van der Waals surface area contributed by atoms with E-state index in [-0.39, 0.29) is 24.9 Å². The van der Waals surface area contributed by atoms with E-state index >= 15 is 0 Å². The molecule has 3 atom stereocenters. The van der Waals surface area contributed by atoms with Gasteiger partial charge in [0, 0.05) is 6.42 Å². The first-order valence-corrected chi connectivity index (χ1v) is 30.7. The van der Waals surface area contributed by atoms with Gasteiger partial charge in [0.05, 0.1) is 25.2 Å². The highest BCUT2D eigenvalue weighted by Crippen LogP contribution is 2.19. The second-order valence-corrected chi connectivity index (χ2v) is 21.1. The van der Waals surface area contributed by atoms with Crippen LogP contribution < -0.4 is 5.32 Å². The third-order valence-corrected chi connectivity index (χ3v) is 14.2. The number of hydrogen-bond acceptors (Lipinski definition) is 5. The third-order valence-electron chi connectivity index (χ3n) is 14.2. The number of carbonyl (C=O) groups is 2. The van der Waals surface area contributed by atoms with Gasteiger partial charge in [-0.25, -0.2) is 0 Å². The molecule has 3 N–H and O–H groups in total. The minimum atomic E-state index is -0.797. The lowest BCUT2D eigenvalue weighted by Gasteiger charge is -2.24. The van der Waals surface area contributed by atoms with Crippen LogP contribution in [-0.2, 0) is 14.3 Å². The van der Waals surface area contributed by atoms with Crippen molar-refractivity contribution in [2.24, 2.45) is 0 Å². The lowest BCUT2D eigenvalue weighted by atomic mass is 10.0. The number of hydrogen-bond donors (Lipinski definition) is 3. The maximum absolute atomic E-state index is 13.3. The Kier molecular flexibility index (Phi) is 55.4. The van der Waals surface area contributed by atoms with E-state index in [1.807, 2.05) is 0 Å². The number of carbonyl (C=O) groups excluding carboxylic acids is 2. The predicted molar refractivity (Wildman–Crippen MR) is 301 cm³/mol. The number of esters is 1. The van der Waals surface area contributed by atoms with E-state index in [9.17, 15) is 19.8 Å². The summed E-state index contributed by atoms with van der Waals surface area (Å²) >= 11 is 0. The molecule has 0 aromatic rings. The number of nitrogens with one attached hydrogen (secondary N) is 1. The molecule has 3 unspecified atom stereocenters. The first kappa shape index (κ1) is 67.1. The number of allylic oxidation sites excluding steroid dienone is 6. The van der Waals surface area contributed by atoms with Crippen molar-refractivity contribution in [1.82, 2.24) is 5.32 Å². The van der Waals surface area contributed by atoms with Gasteiger partial charge in [0.25, 0.3) is 0 Å². The van der Waals surface area contributed by atoms with Crippen LogP contribution in [0.25, 0.3) is 0 Å². The fourth-order valence-corrected chi connectivity index (χ4v) is 9.56. The van der Waals surface area contributed by atoms with Gasteiger partial charge in [-0.2, -0.15) is 0 Å². The van der Waals surface area contributed by atoms with Crippen LogP contribution in [0.1, 0.15) is 329 Å². The number of aliphatic hydroxyl groups is 2. The molecule has 0 aromatic heterocycles. The smallest absolute Gasteiger partial charge is 0.306 e. The lowest BCUT2D eigenvalue weighted by Crippen LogP contribution is -2.46. The molecule has 0 spiro atoms. The van der Waals surface area contributed by atoms with Crippen molar-refractivity contribution in [2.45, 2.75) is 347 Å². The summed E-state index contributed by atoms with van der Waals surface area (Å²) in [5.41, 5.74) is 0. The van der Waals surface area contributed by atoms with Crippen LogP contribution >= 0.6 is 0 Å². The number of rotatable bonds is 56. The quantitative estimate of drug-likeness (QED) is 0.0321. The van der Waals surface area contributed by atoms with Crippen LogP contribution in [0.15, 0.2) is 36.5 Å². The normalized spacial score (nSPS) is 13.3. The summed E-state index contributed by atoms with van der Waals surface area (Å²) < 4.78 is 5.96. The molecule has 0 fully saturated rings. The molecular weight excluding hydrogens is 851 g/mol. The van der Waals surface area contributed by atoms with Gasteiger partial charge in [-0.15, -0.1) is 0 Å². The molecule has 0 saturated carbocycles. The van der Waals surface area contributed by atoms with E-state index in [0.717, 1.165) is 70.6 Å². The lowest BCUT2D eigenvalue weighted by molar-refractivity contribution is -0.151. The van der Waals surface area contributed by atoms with Crippen LogP contribution in [-0.4, -0.2) is 46.9 Å². The van der Waals surface area contributed by atoms with Crippen LogP contribution in [0.5, 0.6) is 0 Å². The molecule has 0 saturated heterocycles. The van der Waals surface area contributed by atoms with E-state index in [2.05, 4.69) is 62.5 Å².